The zero-order chi connectivity index (χ0) is 15.3. The van der Waals surface area contributed by atoms with Crippen LogP contribution in [0.4, 0.5) is 8.78 Å². The van der Waals surface area contributed by atoms with Gasteiger partial charge in [0.25, 0.3) is 5.92 Å². The molecule has 0 saturated carbocycles. The predicted molar refractivity (Wildman–Crippen MR) is 66.6 cm³/mol. The van der Waals surface area contributed by atoms with E-state index < -0.39 is 25.1 Å². The van der Waals surface area contributed by atoms with Crippen molar-refractivity contribution in [3.63, 3.8) is 0 Å². The monoisotopic (exact) mass is 290 g/mol. The molecule has 20 heavy (non-hydrogen) atoms. The number of carboxylic acid groups (broad SMARTS) is 1. The molecular formula is C13H16F2O5. The van der Waals surface area contributed by atoms with Crippen LogP contribution in [0.3, 0.4) is 0 Å². The number of methoxy groups -OCH3 is 2. The molecule has 0 fully saturated rings. The normalized spacial score (nSPS) is 11.2. The molecule has 0 amide bonds. The van der Waals surface area contributed by atoms with Crippen LogP contribution >= 0.6 is 0 Å². The summed E-state index contributed by atoms with van der Waals surface area (Å²) in [5.74, 6) is -4.11. The standard InChI is InChI=1S/C13H16F2O5/c1-8-4-10(18-2)11(19-3)5-9(8)13(14,15)7-20-6-12(16)17/h4-5H,6-7H2,1-3H3,(H,16,17). The summed E-state index contributed by atoms with van der Waals surface area (Å²) in [6.45, 7) is -0.292. The van der Waals surface area contributed by atoms with Crippen LogP contribution in [-0.2, 0) is 15.5 Å². The van der Waals surface area contributed by atoms with Crippen molar-refractivity contribution in [1.29, 1.82) is 0 Å². The lowest BCUT2D eigenvalue weighted by molar-refractivity contribution is -0.147. The van der Waals surface area contributed by atoms with Gasteiger partial charge in [-0.25, -0.2) is 4.79 Å². The first-order valence-electron chi connectivity index (χ1n) is 5.72. The lowest BCUT2D eigenvalue weighted by atomic mass is 10.0. The molecule has 0 spiro atoms. The number of ether oxygens (including phenoxy) is 3. The summed E-state index contributed by atoms with van der Waals surface area (Å²) >= 11 is 0. The highest BCUT2D eigenvalue weighted by atomic mass is 19.3. The van der Waals surface area contributed by atoms with Crippen LogP contribution in [0.1, 0.15) is 11.1 Å². The van der Waals surface area contributed by atoms with Crippen LogP contribution in [0, 0.1) is 6.92 Å². The fraction of sp³-hybridized carbons (Fsp3) is 0.462. The number of aryl methyl sites for hydroxylation is 1. The Morgan fingerprint density at radius 3 is 2.30 bits per heavy atom. The fourth-order valence-electron chi connectivity index (χ4n) is 1.72. The van der Waals surface area contributed by atoms with Crippen molar-refractivity contribution >= 4 is 5.97 Å². The van der Waals surface area contributed by atoms with Gasteiger partial charge in [-0.2, -0.15) is 8.78 Å². The van der Waals surface area contributed by atoms with Crippen molar-refractivity contribution in [2.75, 3.05) is 27.4 Å². The van der Waals surface area contributed by atoms with Gasteiger partial charge in [-0.15, -0.1) is 0 Å². The van der Waals surface area contributed by atoms with E-state index in [1.165, 1.54) is 27.2 Å². The minimum Gasteiger partial charge on any atom is -0.493 e. The summed E-state index contributed by atoms with van der Waals surface area (Å²) in [6, 6.07) is 2.59. The van der Waals surface area contributed by atoms with Crippen molar-refractivity contribution in [3.8, 4) is 11.5 Å². The highest BCUT2D eigenvalue weighted by Crippen LogP contribution is 2.38. The zero-order valence-corrected chi connectivity index (χ0v) is 11.4. The third-order valence-electron chi connectivity index (χ3n) is 2.63. The Morgan fingerprint density at radius 1 is 1.25 bits per heavy atom. The van der Waals surface area contributed by atoms with E-state index in [0.29, 0.717) is 11.3 Å². The molecule has 1 rings (SSSR count). The minimum atomic E-state index is -3.32. The molecule has 7 heteroatoms. The molecule has 0 aliphatic carbocycles. The van der Waals surface area contributed by atoms with Gasteiger partial charge in [-0.1, -0.05) is 0 Å². The quantitative estimate of drug-likeness (QED) is 0.834. The lowest BCUT2D eigenvalue weighted by Gasteiger charge is -2.20. The third kappa shape index (κ3) is 3.80. The van der Waals surface area contributed by atoms with Crippen LogP contribution < -0.4 is 9.47 Å². The molecule has 5 nitrogen and oxygen atoms in total. The van der Waals surface area contributed by atoms with Crippen LogP contribution in [0.15, 0.2) is 12.1 Å². The number of halogens is 2. The number of rotatable bonds is 7. The van der Waals surface area contributed by atoms with Crippen molar-refractivity contribution in [2.24, 2.45) is 0 Å². The van der Waals surface area contributed by atoms with Crippen LogP contribution in [-0.4, -0.2) is 38.5 Å². The Balaban J connectivity index is 3.01. The molecule has 1 aromatic rings. The van der Waals surface area contributed by atoms with Gasteiger partial charge in [0.2, 0.25) is 0 Å². The molecule has 1 aromatic carbocycles. The molecule has 0 bridgehead atoms. The van der Waals surface area contributed by atoms with Gasteiger partial charge in [0.05, 0.1) is 14.2 Å². The third-order valence-corrected chi connectivity index (χ3v) is 2.63. The molecule has 1 N–H and O–H groups in total. The maximum Gasteiger partial charge on any atom is 0.329 e. The first-order valence-corrected chi connectivity index (χ1v) is 5.72. The average molecular weight is 290 g/mol. The van der Waals surface area contributed by atoms with E-state index in [9.17, 15) is 13.6 Å². The highest BCUT2D eigenvalue weighted by molar-refractivity contribution is 5.68. The number of benzene rings is 1. The lowest BCUT2D eigenvalue weighted by Crippen LogP contribution is -2.24. The molecule has 0 aliphatic rings. The maximum atomic E-state index is 14.0. The van der Waals surface area contributed by atoms with E-state index in [0.717, 1.165) is 6.07 Å². The van der Waals surface area contributed by atoms with E-state index in [-0.39, 0.29) is 11.3 Å². The number of hydrogen-bond acceptors (Lipinski definition) is 4. The first-order chi connectivity index (χ1) is 9.31. The van der Waals surface area contributed by atoms with Gasteiger partial charge in [-0.05, 0) is 24.6 Å². The second-order valence-corrected chi connectivity index (χ2v) is 4.11. The Labute approximate surface area is 115 Å². The topological polar surface area (TPSA) is 65.0 Å². The summed E-state index contributed by atoms with van der Waals surface area (Å²) in [5, 5.41) is 8.38. The van der Waals surface area contributed by atoms with Gasteiger partial charge in [0.15, 0.2) is 11.5 Å². The molecule has 0 saturated heterocycles. The van der Waals surface area contributed by atoms with E-state index in [4.69, 9.17) is 14.6 Å². The van der Waals surface area contributed by atoms with E-state index in [1.807, 2.05) is 0 Å². The second-order valence-electron chi connectivity index (χ2n) is 4.11. The molecule has 0 atom stereocenters. The number of alkyl halides is 2. The molecule has 0 radical (unpaired) electrons. The largest absolute Gasteiger partial charge is 0.493 e. The predicted octanol–water partition coefficient (Wildman–Crippen LogP) is 2.21. The summed E-state index contributed by atoms with van der Waals surface area (Å²) in [7, 11) is 2.75. The summed E-state index contributed by atoms with van der Waals surface area (Å²) in [6.07, 6.45) is 0. The summed E-state index contributed by atoms with van der Waals surface area (Å²) in [4.78, 5) is 10.3. The van der Waals surface area contributed by atoms with Crippen LogP contribution in [0.5, 0.6) is 11.5 Å². The van der Waals surface area contributed by atoms with Gasteiger partial charge in [0.1, 0.15) is 13.2 Å². The Kier molecular flexibility index (Phi) is 5.26. The fourth-order valence-corrected chi connectivity index (χ4v) is 1.72. The van der Waals surface area contributed by atoms with Gasteiger partial charge in [-0.3, -0.25) is 0 Å². The van der Waals surface area contributed by atoms with E-state index >= 15 is 0 Å². The highest BCUT2D eigenvalue weighted by Gasteiger charge is 2.35. The molecule has 112 valence electrons. The van der Waals surface area contributed by atoms with E-state index in [1.54, 1.807) is 0 Å². The molecular weight excluding hydrogens is 274 g/mol. The molecule has 0 aliphatic heterocycles. The maximum absolute atomic E-state index is 14.0. The Morgan fingerprint density at radius 2 is 1.80 bits per heavy atom. The van der Waals surface area contributed by atoms with Crippen molar-refractivity contribution in [1.82, 2.24) is 0 Å². The van der Waals surface area contributed by atoms with Gasteiger partial charge < -0.3 is 19.3 Å². The Hall–Kier alpha value is -1.89. The van der Waals surface area contributed by atoms with Crippen molar-refractivity contribution in [3.05, 3.63) is 23.3 Å². The average Bonchev–Trinajstić information content (AvgIpc) is 2.37. The smallest absolute Gasteiger partial charge is 0.329 e. The number of carboxylic acids is 1. The molecule has 0 unspecified atom stereocenters. The Bertz CT molecular complexity index is 488. The van der Waals surface area contributed by atoms with Crippen molar-refractivity contribution < 1.29 is 32.9 Å². The van der Waals surface area contributed by atoms with Gasteiger partial charge in [0, 0.05) is 5.56 Å². The van der Waals surface area contributed by atoms with Gasteiger partial charge >= 0.3 is 5.97 Å². The number of hydrogen-bond donors (Lipinski definition) is 1. The molecule has 0 aromatic heterocycles. The number of carbonyl (C=O) groups is 1. The second kappa shape index (κ2) is 6.51. The SMILES string of the molecule is COc1cc(C)c(C(F)(F)COCC(=O)O)cc1OC. The zero-order valence-electron chi connectivity index (χ0n) is 11.4. The van der Waals surface area contributed by atoms with Crippen LogP contribution in [0.25, 0.3) is 0 Å². The molecule has 0 heterocycles. The van der Waals surface area contributed by atoms with Crippen LogP contribution in [0.2, 0.25) is 0 Å². The minimum absolute atomic E-state index is 0.172. The summed E-state index contributed by atoms with van der Waals surface area (Å²) < 4.78 is 42.5. The summed E-state index contributed by atoms with van der Waals surface area (Å²) in [5.41, 5.74) is 0.00659. The van der Waals surface area contributed by atoms with Crippen molar-refractivity contribution in [2.45, 2.75) is 12.8 Å². The van der Waals surface area contributed by atoms with E-state index in [2.05, 4.69) is 4.74 Å². The number of aliphatic carboxylic acids is 1. The first kappa shape index (κ1) is 16.2.